The highest BCUT2D eigenvalue weighted by atomic mass is 32.2. The molecule has 26 heavy (non-hydrogen) atoms. The molecule has 1 aliphatic heterocycles. The van der Waals surface area contributed by atoms with Crippen LogP contribution in [0.3, 0.4) is 0 Å². The number of carbonyl (C=O) groups excluding carboxylic acids is 1. The smallest absolute Gasteiger partial charge is 0.281 e. The van der Waals surface area contributed by atoms with E-state index in [0.29, 0.717) is 5.47 Å². The van der Waals surface area contributed by atoms with Crippen LogP contribution in [0.1, 0.15) is 10.4 Å². The van der Waals surface area contributed by atoms with Gasteiger partial charge in [-0.2, -0.15) is 0 Å². The van der Waals surface area contributed by atoms with Crippen LogP contribution in [-0.2, 0) is 10.0 Å². The van der Waals surface area contributed by atoms with Gasteiger partial charge in [0.15, 0.2) is 13.1 Å². The number of hydrogen-bond acceptors (Lipinski definition) is 5. The molecule has 0 spiro atoms. The first kappa shape index (κ1) is 17.8. The summed E-state index contributed by atoms with van der Waals surface area (Å²) in [5.74, 6) is 1.18. The number of nitrogens with zero attached hydrogens (tertiary/aromatic N) is 1. The van der Waals surface area contributed by atoms with Crippen molar-refractivity contribution >= 4 is 28.8 Å². The van der Waals surface area contributed by atoms with E-state index < -0.39 is 26.4 Å². The lowest BCUT2D eigenvalue weighted by molar-refractivity contribution is -0.385. The molecule has 0 bridgehead atoms. The molecule has 0 fully saturated rings. The molecular formula is C17H12BN2O5S. The van der Waals surface area contributed by atoms with Gasteiger partial charge in [0.1, 0.15) is 0 Å². The molecule has 2 aromatic rings. The van der Waals surface area contributed by atoms with Gasteiger partial charge < -0.3 is 0 Å². The van der Waals surface area contributed by atoms with E-state index in [1.165, 1.54) is 36.4 Å². The normalized spacial score (nSPS) is 13.2. The van der Waals surface area contributed by atoms with Crippen molar-refractivity contribution in [3.63, 3.8) is 0 Å². The molecule has 0 saturated carbocycles. The molecule has 2 aromatic carbocycles. The monoisotopic (exact) mass is 367 g/mol. The third-order valence-electron chi connectivity index (χ3n) is 3.87. The molecule has 1 aliphatic rings. The van der Waals surface area contributed by atoms with Crippen molar-refractivity contribution in [2.75, 3.05) is 0 Å². The molecule has 9 heteroatoms. The lowest BCUT2D eigenvalue weighted by Gasteiger charge is -2.09. The van der Waals surface area contributed by atoms with E-state index in [-0.39, 0.29) is 21.6 Å². The maximum absolute atomic E-state index is 12.5. The third kappa shape index (κ3) is 3.35. The predicted octanol–water partition coefficient (Wildman–Crippen LogP) is 2.21. The van der Waals surface area contributed by atoms with Crippen molar-refractivity contribution in [1.82, 2.24) is 0 Å². The standard InChI is InChI=1S/C17H12BN2O5S/c19-26(24,25)16-6-2-1-4-12(16)11-7-8-13(15(10-11)20(22)23)17(21)14-5-3-9-18-14/h1-10H,(H2,19,24,25). The topological polar surface area (TPSA) is 120 Å². The summed E-state index contributed by atoms with van der Waals surface area (Å²) in [4.78, 5) is 23.1. The Bertz CT molecular complexity index is 1090. The Hall–Kier alpha value is -3.04. The number of rotatable bonds is 5. The van der Waals surface area contributed by atoms with Crippen molar-refractivity contribution in [3.8, 4) is 11.1 Å². The molecule has 0 amide bonds. The second kappa shape index (κ2) is 6.70. The zero-order valence-corrected chi connectivity index (χ0v) is 14.1. The maximum atomic E-state index is 12.5. The van der Waals surface area contributed by atoms with Crippen LogP contribution in [0.25, 0.3) is 11.1 Å². The minimum Gasteiger partial charge on any atom is -0.290 e. The molecule has 0 aromatic heterocycles. The summed E-state index contributed by atoms with van der Waals surface area (Å²) in [6.07, 6.45) is 3.23. The van der Waals surface area contributed by atoms with Gasteiger partial charge in [-0.3, -0.25) is 14.9 Å². The van der Waals surface area contributed by atoms with Gasteiger partial charge in [0, 0.05) is 11.6 Å². The van der Waals surface area contributed by atoms with Crippen molar-refractivity contribution in [1.29, 1.82) is 0 Å². The molecule has 0 saturated heterocycles. The number of ketones is 1. The molecule has 1 radical (unpaired) electrons. The van der Waals surface area contributed by atoms with Crippen LogP contribution in [0.4, 0.5) is 5.69 Å². The minimum atomic E-state index is -4.01. The molecule has 7 nitrogen and oxygen atoms in total. The largest absolute Gasteiger partial charge is 0.290 e. The number of nitro benzene ring substituents is 1. The molecule has 129 valence electrons. The first-order valence-electron chi connectivity index (χ1n) is 7.46. The number of allylic oxidation sites excluding steroid dienone is 3. The van der Waals surface area contributed by atoms with Crippen molar-refractivity contribution in [3.05, 3.63) is 81.7 Å². The number of Topliss-reactive ketones (excluding diaryl/α,β-unsaturated/α-hetero) is 1. The third-order valence-corrected chi connectivity index (χ3v) is 4.84. The average Bonchev–Trinajstić information content (AvgIpc) is 3.14. The first-order chi connectivity index (χ1) is 12.3. The van der Waals surface area contributed by atoms with E-state index in [1.54, 1.807) is 31.5 Å². The Morgan fingerprint density at radius 1 is 1.15 bits per heavy atom. The SMILES string of the molecule is NS(=O)(=O)c1ccccc1-c1ccc(C(=O)C2=CC=C[B]2)c([N+](=O)[O-])c1. The summed E-state index contributed by atoms with van der Waals surface area (Å²) >= 11 is 0. The van der Waals surface area contributed by atoms with Crippen LogP contribution in [0.2, 0.25) is 0 Å². The predicted molar refractivity (Wildman–Crippen MR) is 97.2 cm³/mol. The summed E-state index contributed by atoms with van der Waals surface area (Å²) in [6.45, 7) is 0. The second-order valence-electron chi connectivity index (χ2n) is 5.53. The van der Waals surface area contributed by atoms with Crippen molar-refractivity contribution in [2.24, 2.45) is 5.14 Å². The minimum absolute atomic E-state index is 0.0713. The van der Waals surface area contributed by atoms with Gasteiger partial charge in [0.2, 0.25) is 10.0 Å². The van der Waals surface area contributed by atoms with Gasteiger partial charge in [0.05, 0.1) is 15.4 Å². The van der Waals surface area contributed by atoms with Crippen LogP contribution in [0.15, 0.2) is 71.0 Å². The van der Waals surface area contributed by atoms with E-state index in [1.807, 2.05) is 0 Å². The Labute approximate surface area is 150 Å². The molecule has 0 unspecified atom stereocenters. The van der Waals surface area contributed by atoms with Gasteiger partial charge in [-0.05, 0) is 23.2 Å². The number of hydrogen-bond donors (Lipinski definition) is 1. The van der Waals surface area contributed by atoms with Crippen LogP contribution in [0.5, 0.6) is 0 Å². The van der Waals surface area contributed by atoms with E-state index in [2.05, 4.69) is 0 Å². The van der Waals surface area contributed by atoms with Crippen molar-refractivity contribution < 1.29 is 18.1 Å². The van der Waals surface area contributed by atoms with Gasteiger partial charge in [-0.1, -0.05) is 36.4 Å². The summed E-state index contributed by atoms with van der Waals surface area (Å²) in [7, 11) is -2.45. The Kier molecular flexibility index (Phi) is 4.58. The molecule has 1 heterocycles. The first-order valence-corrected chi connectivity index (χ1v) is 9.01. The number of nitro groups is 1. The zero-order chi connectivity index (χ0) is 18.9. The Balaban J connectivity index is 2.14. The maximum Gasteiger partial charge on any atom is 0.281 e. The Morgan fingerprint density at radius 2 is 1.88 bits per heavy atom. The fraction of sp³-hybridized carbons (Fsp3) is 0. The van der Waals surface area contributed by atoms with Crippen LogP contribution in [-0.4, -0.2) is 26.4 Å². The number of sulfonamides is 1. The molecule has 2 N–H and O–H groups in total. The van der Waals surface area contributed by atoms with Gasteiger partial charge in [-0.25, -0.2) is 13.6 Å². The summed E-state index contributed by atoms with van der Waals surface area (Å²) in [5.41, 5.74) is 0.368. The fourth-order valence-corrected chi connectivity index (χ4v) is 3.44. The quantitative estimate of drug-likeness (QED) is 0.376. The van der Waals surface area contributed by atoms with E-state index in [0.717, 1.165) is 0 Å². The van der Waals surface area contributed by atoms with E-state index >= 15 is 0 Å². The van der Waals surface area contributed by atoms with Crippen molar-refractivity contribution in [2.45, 2.75) is 4.90 Å². The number of benzene rings is 2. The van der Waals surface area contributed by atoms with Crippen LogP contribution < -0.4 is 5.14 Å². The van der Waals surface area contributed by atoms with Gasteiger partial charge in [-0.15, -0.1) is 5.98 Å². The summed E-state index contributed by atoms with van der Waals surface area (Å²) in [5, 5.41) is 16.7. The fourth-order valence-electron chi connectivity index (χ4n) is 2.68. The molecule has 3 rings (SSSR count). The van der Waals surface area contributed by atoms with Gasteiger partial charge >= 0.3 is 0 Å². The Morgan fingerprint density at radius 3 is 2.50 bits per heavy atom. The number of primary sulfonamides is 1. The van der Waals surface area contributed by atoms with E-state index in [4.69, 9.17) is 5.14 Å². The summed E-state index contributed by atoms with van der Waals surface area (Å²) < 4.78 is 23.5. The van der Waals surface area contributed by atoms with E-state index in [9.17, 15) is 23.3 Å². The number of carbonyl (C=O) groups is 1. The lowest BCUT2D eigenvalue weighted by atomic mass is 9.70. The molecule has 0 atom stereocenters. The second-order valence-corrected chi connectivity index (χ2v) is 7.06. The molecule has 0 aliphatic carbocycles. The lowest BCUT2D eigenvalue weighted by Crippen LogP contribution is -2.13. The van der Waals surface area contributed by atoms with Gasteiger partial charge in [0.25, 0.3) is 5.69 Å². The highest BCUT2D eigenvalue weighted by Gasteiger charge is 2.25. The highest BCUT2D eigenvalue weighted by molar-refractivity contribution is 7.89. The van der Waals surface area contributed by atoms with Crippen LogP contribution >= 0.6 is 0 Å². The highest BCUT2D eigenvalue weighted by Crippen LogP contribution is 2.32. The molecular weight excluding hydrogens is 355 g/mol. The van der Waals surface area contributed by atoms with Crippen LogP contribution in [0, 0.1) is 10.1 Å². The number of nitrogens with two attached hydrogens (primary N) is 1. The average molecular weight is 367 g/mol. The zero-order valence-electron chi connectivity index (χ0n) is 13.3. The summed E-state index contributed by atoms with van der Waals surface area (Å²) in [6, 6.07) is 9.89.